The number of halogens is 2. The number of hydrogen-bond acceptors (Lipinski definition) is 3. The zero-order valence-electron chi connectivity index (χ0n) is 19.5. The molecule has 0 aliphatic carbocycles. The van der Waals surface area contributed by atoms with Crippen LogP contribution in [-0.2, 0) is 16.9 Å². The molecule has 8 heteroatoms. The lowest BCUT2D eigenvalue weighted by molar-refractivity contribution is 0.121. The Labute approximate surface area is 207 Å². The van der Waals surface area contributed by atoms with Crippen molar-refractivity contribution in [1.82, 2.24) is 9.62 Å². The molecule has 2 N–H and O–H groups in total. The van der Waals surface area contributed by atoms with E-state index in [1.54, 1.807) is 18.2 Å². The van der Waals surface area contributed by atoms with Gasteiger partial charge in [-0.05, 0) is 75.9 Å². The molecule has 5 nitrogen and oxygen atoms in total. The first kappa shape index (κ1) is 27.4. The second kappa shape index (κ2) is 11.5. The van der Waals surface area contributed by atoms with Crippen LogP contribution < -0.4 is 4.72 Å². The van der Waals surface area contributed by atoms with Crippen molar-refractivity contribution in [3.63, 3.8) is 0 Å². The average molecular weight is 540 g/mol. The fourth-order valence-electron chi connectivity index (χ4n) is 3.55. The lowest BCUT2D eigenvalue weighted by atomic mass is 9.84. The molecule has 180 valence electrons. The molecular formula is C25H32BrFN2O3S. The van der Waals surface area contributed by atoms with Crippen LogP contribution in [0.25, 0.3) is 0 Å². The summed E-state index contributed by atoms with van der Waals surface area (Å²) in [5.41, 5.74) is 0.701. The largest absolute Gasteiger partial charge is 0.598 e. The molecule has 0 saturated carbocycles. The fraction of sp³-hybridized carbons (Fsp3) is 0.400. The van der Waals surface area contributed by atoms with Crippen LogP contribution in [-0.4, -0.2) is 31.9 Å². The van der Waals surface area contributed by atoms with Crippen molar-refractivity contribution in [2.45, 2.75) is 56.9 Å². The van der Waals surface area contributed by atoms with Gasteiger partial charge in [-0.25, -0.2) is 9.18 Å². The number of carboxylic acid groups (broad SMARTS) is 1. The van der Waals surface area contributed by atoms with Crippen molar-refractivity contribution in [2.75, 3.05) is 6.54 Å². The number of carbonyl (C=O) groups is 1. The summed E-state index contributed by atoms with van der Waals surface area (Å²) in [6.07, 6.45) is 1.37. The SMILES string of the molecule is C=CC[C@@](CCN(C(=O)O)[C@@H](C)c1ccc(Br)cc1)(N[S+]([O-])C(C)(C)C)c1ccc(F)cc1. The molecule has 2 aromatic rings. The highest BCUT2D eigenvalue weighted by molar-refractivity contribution is 9.10. The predicted octanol–water partition coefficient (Wildman–Crippen LogP) is 6.54. The van der Waals surface area contributed by atoms with Crippen molar-refractivity contribution in [1.29, 1.82) is 0 Å². The molecule has 0 saturated heterocycles. The number of rotatable bonds is 10. The number of hydrogen-bond donors (Lipinski definition) is 2. The Kier molecular flexibility index (Phi) is 9.55. The topological polar surface area (TPSA) is 75.6 Å². The number of benzene rings is 2. The predicted molar refractivity (Wildman–Crippen MR) is 136 cm³/mol. The molecule has 0 aliphatic rings. The Morgan fingerprint density at radius 1 is 1.24 bits per heavy atom. The van der Waals surface area contributed by atoms with E-state index in [0.717, 1.165) is 15.6 Å². The summed E-state index contributed by atoms with van der Waals surface area (Å²) in [5, 5.41) is 9.97. The Morgan fingerprint density at radius 3 is 2.30 bits per heavy atom. The summed E-state index contributed by atoms with van der Waals surface area (Å²) < 4.78 is 30.4. The van der Waals surface area contributed by atoms with Gasteiger partial charge in [-0.15, -0.1) is 11.3 Å². The second-order valence-electron chi connectivity index (χ2n) is 9.02. The van der Waals surface area contributed by atoms with Gasteiger partial charge in [-0.2, -0.15) is 0 Å². The molecule has 0 spiro atoms. The smallest absolute Gasteiger partial charge is 0.407 e. The molecule has 0 fully saturated rings. The first-order valence-corrected chi connectivity index (χ1v) is 12.7. The van der Waals surface area contributed by atoms with Crippen LogP contribution in [0.15, 0.2) is 65.7 Å². The van der Waals surface area contributed by atoms with Crippen molar-refractivity contribution >= 4 is 33.4 Å². The number of amides is 1. The molecule has 2 aromatic carbocycles. The first-order chi connectivity index (χ1) is 15.4. The van der Waals surface area contributed by atoms with Gasteiger partial charge < -0.3 is 14.6 Å². The molecule has 0 bridgehead atoms. The first-order valence-electron chi connectivity index (χ1n) is 10.7. The molecule has 3 atom stereocenters. The summed E-state index contributed by atoms with van der Waals surface area (Å²) in [4.78, 5) is 13.6. The van der Waals surface area contributed by atoms with Crippen LogP contribution in [0.1, 0.15) is 57.7 Å². The van der Waals surface area contributed by atoms with Crippen molar-refractivity contribution in [2.24, 2.45) is 0 Å². The third-order valence-corrected chi connectivity index (χ3v) is 7.80. The highest BCUT2D eigenvalue weighted by Crippen LogP contribution is 2.34. The van der Waals surface area contributed by atoms with Gasteiger partial charge >= 0.3 is 6.09 Å². The molecule has 0 radical (unpaired) electrons. The zero-order chi connectivity index (χ0) is 24.8. The van der Waals surface area contributed by atoms with Gasteiger partial charge in [0.2, 0.25) is 0 Å². The van der Waals surface area contributed by atoms with Crippen molar-refractivity contribution < 1.29 is 18.8 Å². The lowest BCUT2D eigenvalue weighted by Gasteiger charge is -2.39. The van der Waals surface area contributed by atoms with Crippen LogP contribution in [0.2, 0.25) is 0 Å². The van der Waals surface area contributed by atoms with E-state index in [9.17, 15) is 18.8 Å². The van der Waals surface area contributed by atoms with E-state index < -0.39 is 33.8 Å². The molecule has 33 heavy (non-hydrogen) atoms. The maximum absolute atomic E-state index is 13.7. The van der Waals surface area contributed by atoms with Crippen molar-refractivity contribution in [3.05, 3.63) is 82.6 Å². The molecule has 2 rings (SSSR count). The minimum absolute atomic E-state index is 0.173. The second-order valence-corrected chi connectivity index (χ2v) is 11.9. The molecule has 0 aliphatic heterocycles. The van der Waals surface area contributed by atoms with Crippen LogP contribution in [0, 0.1) is 5.82 Å². The molecular weight excluding hydrogens is 507 g/mol. The van der Waals surface area contributed by atoms with Crippen LogP contribution in [0.3, 0.4) is 0 Å². The van der Waals surface area contributed by atoms with Crippen LogP contribution in [0.5, 0.6) is 0 Å². The Bertz CT molecular complexity index is 934. The normalized spacial score (nSPS) is 15.4. The fourth-order valence-corrected chi connectivity index (χ4v) is 4.78. The average Bonchev–Trinajstić information content (AvgIpc) is 2.73. The third-order valence-electron chi connectivity index (χ3n) is 5.58. The minimum atomic E-state index is -1.45. The van der Waals surface area contributed by atoms with Gasteiger partial charge in [0.05, 0.1) is 11.6 Å². The number of nitrogens with zero attached hydrogens (tertiary/aromatic N) is 1. The van der Waals surface area contributed by atoms with Gasteiger partial charge in [-0.1, -0.05) is 46.3 Å². The Morgan fingerprint density at radius 2 is 1.82 bits per heavy atom. The van der Waals surface area contributed by atoms with E-state index in [4.69, 9.17) is 0 Å². The van der Waals surface area contributed by atoms with E-state index in [-0.39, 0.29) is 12.4 Å². The van der Waals surface area contributed by atoms with Gasteiger partial charge in [0.1, 0.15) is 10.6 Å². The van der Waals surface area contributed by atoms with Crippen molar-refractivity contribution in [3.8, 4) is 0 Å². The van der Waals surface area contributed by atoms with E-state index in [1.807, 2.05) is 52.0 Å². The van der Waals surface area contributed by atoms with Crippen LogP contribution >= 0.6 is 15.9 Å². The van der Waals surface area contributed by atoms with E-state index in [1.165, 1.54) is 17.0 Å². The Hall–Kier alpha value is -1.87. The third kappa shape index (κ3) is 7.30. The van der Waals surface area contributed by atoms with E-state index in [0.29, 0.717) is 12.8 Å². The molecule has 1 unspecified atom stereocenters. The monoisotopic (exact) mass is 538 g/mol. The highest BCUT2D eigenvalue weighted by atomic mass is 79.9. The van der Waals surface area contributed by atoms with E-state index >= 15 is 0 Å². The lowest BCUT2D eigenvalue weighted by Crippen LogP contribution is -2.52. The molecule has 1 amide bonds. The van der Waals surface area contributed by atoms with Gasteiger partial charge in [-0.3, -0.25) is 0 Å². The summed E-state index contributed by atoms with van der Waals surface area (Å²) in [7, 11) is 0. The quantitative estimate of drug-likeness (QED) is 0.266. The van der Waals surface area contributed by atoms with E-state index in [2.05, 4.69) is 27.2 Å². The zero-order valence-corrected chi connectivity index (χ0v) is 21.9. The highest BCUT2D eigenvalue weighted by Gasteiger charge is 2.40. The van der Waals surface area contributed by atoms with Gasteiger partial charge in [0.25, 0.3) is 0 Å². The minimum Gasteiger partial charge on any atom is -0.598 e. The summed E-state index contributed by atoms with van der Waals surface area (Å²) in [6.45, 7) is 11.5. The molecule has 0 heterocycles. The van der Waals surface area contributed by atoms with Gasteiger partial charge in [0, 0.05) is 22.4 Å². The van der Waals surface area contributed by atoms with Gasteiger partial charge in [0.15, 0.2) is 0 Å². The summed E-state index contributed by atoms with van der Waals surface area (Å²) in [6, 6.07) is 13.1. The Balaban J connectivity index is 2.42. The summed E-state index contributed by atoms with van der Waals surface area (Å²) in [5.74, 6) is -0.376. The van der Waals surface area contributed by atoms with Crippen LogP contribution in [0.4, 0.5) is 9.18 Å². The standard InChI is InChI=1S/C25H32BrFN2O3S/c1-6-15-25(28-33(32)24(3,4)5,20-9-13-22(27)14-10-20)16-17-29(23(30)31)18(2)19-7-11-21(26)12-8-19/h6-14,18,28H,1,15-17H2,2-5H3,(H,30,31)/t18-,25-,33?/m0/s1. The number of nitrogens with one attached hydrogen (secondary N) is 1. The maximum Gasteiger partial charge on any atom is 0.407 e. The molecule has 0 aromatic heterocycles. The summed E-state index contributed by atoms with van der Waals surface area (Å²) >= 11 is 1.95. The maximum atomic E-state index is 13.7.